The Labute approximate surface area is 175 Å². The lowest BCUT2D eigenvalue weighted by Gasteiger charge is -2.33. The van der Waals surface area contributed by atoms with E-state index in [1.54, 1.807) is 0 Å². The monoisotopic (exact) mass is 407 g/mol. The van der Waals surface area contributed by atoms with Gasteiger partial charge in [0.1, 0.15) is 5.25 Å². The second-order valence-corrected chi connectivity index (χ2v) is 8.19. The predicted octanol–water partition coefficient (Wildman–Crippen LogP) is 4.19. The van der Waals surface area contributed by atoms with E-state index in [1.165, 1.54) is 17.3 Å². The first kappa shape index (κ1) is 19.5. The highest BCUT2D eigenvalue weighted by Gasteiger charge is 2.37. The van der Waals surface area contributed by atoms with Gasteiger partial charge in [-0.05, 0) is 36.1 Å². The van der Waals surface area contributed by atoms with Crippen molar-refractivity contribution in [2.24, 2.45) is 0 Å². The summed E-state index contributed by atoms with van der Waals surface area (Å²) in [5.74, 6) is 0.844. The van der Waals surface area contributed by atoms with Crippen LogP contribution in [0.5, 0.6) is 0 Å². The van der Waals surface area contributed by atoms with E-state index in [0.29, 0.717) is 0 Å². The molecule has 0 saturated carbocycles. The van der Waals surface area contributed by atoms with Crippen molar-refractivity contribution in [3.05, 3.63) is 71.5 Å². The number of rotatable bonds is 6. The van der Waals surface area contributed by atoms with Gasteiger partial charge in [0.25, 0.3) is 0 Å². The summed E-state index contributed by atoms with van der Waals surface area (Å²) in [5, 5.41) is 12.0. The van der Waals surface area contributed by atoms with E-state index in [2.05, 4.69) is 34.8 Å². The van der Waals surface area contributed by atoms with Gasteiger partial charge in [-0.25, -0.2) is 4.68 Å². The second-order valence-electron chi connectivity index (χ2n) is 7.08. The van der Waals surface area contributed by atoms with Crippen LogP contribution in [0.2, 0.25) is 0 Å². The van der Waals surface area contributed by atoms with Gasteiger partial charge in [0.15, 0.2) is 5.82 Å². The number of nitrogens with one attached hydrogen (secondary N) is 2. The number of nitrogens with zero attached hydrogens (tertiary/aromatic N) is 3. The SMILES string of the molecule is CCCc1nnc2n1NC(c1ccccc1)C(C(=O)Nc1ccc(CC)cc1)S2. The van der Waals surface area contributed by atoms with Crippen LogP contribution in [0.25, 0.3) is 0 Å². The molecule has 7 heteroatoms. The van der Waals surface area contributed by atoms with Gasteiger partial charge in [-0.1, -0.05) is 68.1 Å². The van der Waals surface area contributed by atoms with Crippen LogP contribution in [-0.2, 0) is 17.6 Å². The van der Waals surface area contributed by atoms with Gasteiger partial charge in [-0.15, -0.1) is 10.2 Å². The van der Waals surface area contributed by atoms with Crippen molar-refractivity contribution < 1.29 is 4.79 Å². The second kappa shape index (κ2) is 8.69. The summed E-state index contributed by atoms with van der Waals surface area (Å²) in [5.41, 5.74) is 6.60. The molecule has 0 fully saturated rings. The largest absolute Gasteiger partial charge is 0.325 e. The number of thioether (sulfide) groups is 1. The Kier molecular flexibility index (Phi) is 5.85. The number of carbonyl (C=O) groups is 1. The first-order valence-corrected chi connectivity index (χ1v) is 10.9. The van der Waals surface area contributed by atoms with E-state index in [1.807, 2.05) is 59.3 Å². The van der Waals surface area contributed by atoms with Crippen molar-refractivity contribution >= 4 is 23.4 Å². The first-order valence-electron chi connectivity index (χ1n) is 10.0. The van der Waals surface area contributed by atoms with Crippen LogP contribution in [0.1, 0.15) is 43.3 Å². The molecular formula is C22H25N5OS. The molecule has 0 spiro atoms. The molecule has 1 amide bonds. The summed E-state index contributed by atoms with van der Waals surface area (Å²) in [6.45, 7) is 4.23. The Bertz CT molecular complexity index is 971. The minimum atomic E-state index is -0.366. The summed E-state index contributed by atoms with van der Waals surface area (Å²) < 4.78 is 1.94. The molecule has 3 aromatic rings. The molecule has 0 radical (unpaired) electrons. The lowest BCUT2D eigenvalue weighted by Crippen LogP contribution is -2.41. The molecule has 2 N–H and O–H groups in total. The summed E-state index contributed by atoms with van der Waals surface area (Å²) in [7, 11) is 0. The molecule has 4 rings (SSSR count). The fraction of sp³-hybridized carbons (Fsp3) is 0.318. The predicted molar refractivity (Wildman–Crippen MR) is 117 cm³/mol. The molecule has 29 heavy (non-hydrogen) atoms. The van der Waals surface area contributed by atoms with Crippen LogP contribution < -0.4 is 10.7 Å². The molecule has 150 valence electrons. The molecule has 1 aliphatic rings. The third kappa shape index (κ3) is 4.15. The first-order chi connectivity index (χ1) is 14.2. The molecule has 0 saturated heterocycles. The molecular weight excluding hydrogens is 382 g/mol. The standard InChI is InChI=1S/C22H25N5OS/c1-3-8-18-24-25-22-27(18)26-19(16-9-6-5-7-10-16)20(29-22)21(28)23-17-13-11-15(4-2)12-14-17/h5-7,9-14,19-20,26H,3-4,8H2,1-2H3,(H,23,28). The van der Waals surface area contributed by atoms with Crippen molar-refractivity contribution in [1.29, 1.82) is 0 Å². The third-order valence-corrected chi connectivity index (χ3v) is 6.24. The van der Waals surface area contributed by atoms with Gasteiger partial charge in [0.2, 0.25) is 11.1 Å². The van der Waals surface area contributed by atoms with E-state index in [9.17, 15) is 4.79 Å². The van der Waals surface area contributed by atoms with E-state index in [0.717, 1.165) is 41.5 Å². The number of hydrogen-bond acceptors (Lipinski definition) is 5. The topological polar surface area (TPSA) is 71.8 Å². The van der Waals surface area contributed by atoms with Crippen molar-refractivity contribution in [1.82, 2.24) is 14.9 Å². The fourth-order valence-corrected chi connectivity index (χ4v) is 4.53. The number of aryl methyl sites for hydroxylation is 2. The van der Waals surface area contributed by atoms with Gasteiger partial charge in [0, 0.05) is 12.1 Å². The number of fused-ring (bicyclic) bond motifs is 1. The number of amides is 1. The molecule has 1 aromatic heterocycles. The summed E-state index contributed by atoms with van der Waals surface area (Å²) in [4.78, 5) is 13.2. The molecule has 2 heterocycles. The molecule has 2 unspecified atom stereocenters. The third-order valence-electron chi connectivity index (χ3n) is 5.02. The fourth-order valence-electron chi connectivity index (χ4n) is 3.43. The summed E-state index contributed by atoms with van der Waals surface area (Å²) in [6, 6.07) is 17.9. The number of aromatic nitrogens is 3. The zero-order chi connectivity index (χ0) is 20.2. The van der Waals surface area contributed by atoms with Crippen LogP contribution >= 0.6 is 11.8 Å². The van der Waals surface area contributed by atoms with Gasteiger partial charge in [-0.2, -0.15) is 0 Å². The highest BCUT2D eigenvalue weighted by Crippen LogP contribution is 2.37. The molecule has 0 bridgehead atoms. The van der Waals surface area contributed by atoms with E-state index in [-0.39, 0.29) is 17.2 Å². The molecule has 0 aliphatic carbocycles. The van der Waals surface area contributed by atoms with E-state index in [4.69, 9.17) is 0 Å². The van der Waals surface area contributed by atoms with Crippen LogP contribution in [0.15, 0.2) is 59.8 Å². The number of anilines is 1. The lowest BCUT2D eigenvalue weighted by atomic mass is 10.0. The van der Waals surface area contributed by atoms with Crippen LogP contribution in [0.4, 0.5) is 5.69 Å². The zero-order valence-corrected chi connectivity index (χ0v) is 17.4. The van der Waals surface area contributed by atoms with Crippen LogP contribution in [-0.4, -0.2) is 26.0 Å². The smallest absolute Gasteiger partial charge is 0.240 e. The van der Waals surface area contributed by atoms with Gasteiger partial charge >= 0.3 is 0 Å². The maximum absolute atomic E-state index is 13.2. The molecule has 2 aromatic carbocycles. The minimum Gasteiger partial charge on any atom is -0.325 e. The quantitative estimate of drug-likeness (QED) is 0.641. The molecule has 6 nitrogen and oxygen atoms in total. The van der Waals surface area contributed by atoms with Crippen molar-refractivity contribution in [2.45, 2.75) is 49.6 Å². The molecule has 2 atom stereocenters. The Balaban J connectivity index is 1.62. The van der Waals surface area contributed by atoms with E-state index >= 15 is 0 Å². The van der Waals surface area contributed by atoms with Crippen LogP contribution in [0, 0.1) is 0 Å². The Morgan fingerprint density at radius 3 is 2.55 bits per heavy atom. The Morgan fingerprint density at radius 2 is 1.86 bits per heavy atom. The highest BCUT2D eigenvalue weighted by molar-refractivity contribution is 8.00. The van der Waals surface area contributed by atoms with Crippen LogP contribution in [0.3, 0.4) is 0 Å². The van der Waals surface area contributed by atoms with Gasteiger partial charge in [0.05, 0.1) is 6.04 Å². The lowest BCUT2D eigenvalue weighted by molar-refractivity contribution is -0.116. The van der Waals surface area contributed by atoms with E-state index < -0.39 is 0 Å². The average molecular weight is 408 g/mol. The highest BCUT2D eigenvalue weighted by atomic mass is 32.2. The minimum absolute atomic E-state index is 0.0492. The maximum atomic E-state index is 13.2. The maximum Gasteiger partial charge on any atom is 0.240 e. The summed E-state index contributed by atoms with van der Waals surface area (Å²) in [6.07, 6.45) is 2.79. The number of carbonyl (C=O) groups excluding carboxylic acids is 1. The van der Waals surface area contributed by atoms with Gasteiger partial charge in [-0.3, -0.25) is 4.79 Å². The van der Waals surface area contributed by atoms with Crippen molar-refractivity contribution in [3.63, 3.8) is 0 Å². The zero-order valence-electron chi connectivity index (χ0n) is 16.6. The number of benzene rings is 2. The normalized spacial score (nSPS) is 18.0. The Morgan fingerprint density at radius 1 is 1.10 bits per heavy atom. The average Bonchev–Trinajstić information content (AvgIpc) is 3.16. The van der Waals surface area contributed by atoms with Crippen molar-refractivity contribution in [2.75, 3.05) is 10.7 Å². The summed E-state index contributed by atoms with van der Waals surface area (Å²) >= 11 is 1.46. The Hall–Kier alpha value is -2.80. The number of hydrogen-bond donors (Lipinski definition) is 2. The van der Waals surface area contributed by atoms with Crippen molar-refractivity contribution in [3.8, 4) is 0 Å². The molecule has 1 aliphatic heterocycles. The van der Waals surface area contributed by atoms with Gasteiger partial charge < -0.3 is 10.7 Å².